The van der Waals surface area contributed by atoms with Crippen LogP contribution in [0.1, 0.15) is 24.6 Å². The average molecular weight is 339 g/mol. The third-order valence-electron chi connectivity index (χ3n) is 2.91. The molecule has 0 bridgehead atoms. The lowest BCUT2D eigenvalue weighted by molar-refractivity contribution is 0.422. The van der Waals surface area contributed by atoms with E-state index in [1.54, 1.807) is 17.1 Å². The molecule has 108 valence electrons. The molecule has 0 amide bonds. The third-order valence-corrected chi connectivity index (χ3v) is 3.35. The number of aromatic nitrogens is 3. The van der Waals surface area contributed by atoms with E-state index in [1.807, 2.05) is 20.0 Å². The van der Waals surface area contributed by atoms with Gasteiger partial charge in [-0.3, -0.25) is 4.98 Å². The van der Waals surface area contributed by atoms with Gasteiger partial charge in [0.15, 0.2) is 0 Å². The largest absolute Gasteiger partial charge is 0.437 e. The van der Waals surface area contributed by atoms with E-state index in [1.165, 1.54) is 0 Å². The van der Waals surface area contributed by atoms with E-state index in [2.05, 4.69) is 38.3 Å². The molecule has 1 N–H and O–H groups in total. The van der Waals surface area contributed by atoms with Crippen LogP contribution in [0.5, 0.6) is 11.6 Å². The molecule has 2 heterocycles. The quantitative estimate of drug-likeness (QED) is 0.822. The first kappa shape index (κ1) is 15.0. The number of hydrogen-bond donors (Lipinski definition) is 1. The van der Waals surface area contributed by atoms with Crippen LogP contribution >= 0.6 is 15.9 Å². The molecule has 6 heteroatoms. The van der Waals surface area contributed by atoms with Crippen molar-refractivity contribution in [2.75, 3.05) is 6.54 Å². The van der Waals surface area contributed by atoms with E-state index in [-0.39, 0.29) is 0 Å². The van der Waals surface area contributed by atoms with Gasteiger partial charge in [0, 0.05) is 24.3 Å². The first-order valence-electron chi connectivity index (χ1n) is 6.63. The highest BCUT2D eigenvalue weighted by atomic mass is 79.9. The van der Waals surface area contributed by atoms with Gasteiger partial charge in [-0.05, 0) is 41.9 Å². The van der Waals surface area contributed by atoms with Crippen molar-refractivity contribution in [3.8, 4) is 11.6 Å². The maximum absolute atomic E-state index is 5.94. The van der Waals surface area contributed by atoms with E-state index in [4.69, 9.17) is 4.74 Å². The molecule has 2 rings (SSSR count). The molecule has 0 spiro atoms. The summed E-state index contributed by atoms with van der Waals surface area (Å²) in [5.41, 5.74) is 2.06. The molecule has 0 radical (unpaired) electrons. The van der Waals surface area contributed by atoms with Crippen LogP contribution in [0.25, 0.3) is 0 Å². The zero-order valence-corrected chi connectivity index (χ0v) is 13.6. The SMILES string of the molecule is CCCNCc1c(C)nn(C)c1Oc1cncc(Br)c1. The standard InChI is InChI=1S/C14H19BrN4O/c1-4-5-16-9-13-10(2)18-19(3)14(13)20-12-6-11(15)7-17-8-12/h6-8,16H,4-5,9H2,1-3H3. The van der Waals surface area contributed by atoms with Crippen LogP contribution < -0.4 is 10.1 Å². The van der Waals surface area contributed by atoms with Crippen LogP contribution in [0.2, 0.25) is 0 Å². The Morgan fingerprint density at radius 1 is 1.40 bits per heavy atom. The number of rotatable bonds is 6. The van der Waals surface area contributed by atoms with Crippen molar-refractivity contribution >= 4 is 15.9 Å². The second-order valence-electron chi connectivity index (χ2n) is 4.61. The topological polar surface area (TPSA) is 52.0 Å². The van der Waals surface area contributed by atoms with Crippen LogP contribution in [0.15, 0.2) is 22.9 Å². The van der Waals surface area contributed by atoms with Gasteiger partial charge in [-0.25, -0.2) is 4.68 Å². The molecule has 0 atom stereocenters. The Hall–Kier alpha value is -1.40. The minimum Gasteiger partial charge on any atom is -0.437 e. The summed E-state index contributed by atoms with van der Waals surface area (Å²) in [6.07, 6.45) is 4.52. The Morgan fingerprint density at radius 2 is 2.20 bits per heavy atom. The van der Waals surface area contributed by atoms with Gasteiger partial charge in [-0.1, -0.05) is 6.92 Å². The van der Waals surface area contributed by atoms with E-state index < -0.39 is 0 Å². The lowest BCUT2D eigenvalue weighted by Crippen LogP contribution is -2.14. The Kier molecular flexibility index (Phi) is 5.14. The van der Waals surface area contributed by atoms with Crippen molar-refractivity contribution in [2.45, 2.75) is 26.8 Å². The molecular weight excluding hydrogens is 320 g/mol. The molecule has 5 nitrogen and oxygen atoms in total. The molecule has 0 saturated carbocycles. The van der Waals surface area contributed by atoms with Gasteiger partial charge in [-0.15, -0.1) is 0 Å². The molecule has 0 aliphatic rings. The highest BCUT2D eigenvalue weighted by molar-refractivity contribution is 9.10. The van der Waals surface area contributed by atoms with Gasteiger partial charge >= 0.3 is 0 Å². The van der Waals surface area contributed by atoms with Gasteiger partial charge in [-0.2, -0.15) is 5.10 Å². The van der Waals surface area contributed by atoms with Crippen molar-refractivity contribution in [2.24, 2.45) is 7.05 Å². The predicted molar refractivity (Wildman–Crippen MR) is 82.0 cm³/mol. The summed E-state index contributed by atoms with van der Waals surface area (Å²) in [4.78, 5) is 4.10. The van der Waals surface area contributed by atoms with Crippen molar-refractivity contribution in [1.29, 1.82) is 0 Å². The van der Waals surface area contributed by atoms with Crippen LogP contribution in [0.3, 0.4) is 0 Å². The summed E-state index contributed by atoms with van der Waals surface area (Å²) in [6.45, 7) is 5.87. The predicted octanol–water partition coefficient (Wildman–Crippen LogP) is 3.18. The fourth-order valence-corrected chi connectivity index (χ4v) is 2.31. The smallest absolute Gasteiger partial charge is 0.222 e. The number of nitrogens with zero attached hydrogens (tertiary/aromatic N) is 3. The van der Waals surface area contributed by atoms with Crippen molar-refractivity contribution < 1.29 is 4.74 Å². The maximum Gasteiger partial charge on any atom is 0.222 e. The highest BCUT2D eigenvalue weighted by Crippen LogP contribution is 2.28. The fourth-order valence-electron chi connectivity index (χ4n) is 1.96. The maximum atomic E-state index is 5.94. The minimum absolute atomic E-state index is 0.694. The van der Waals surface area contributed by atoms with Gasteiger partial charge in [0.1, 0.15) is 5.75 Å². The number of halogens is 1. The van der Waals surface area contributed by atoms with Crippen molar-refractivity contribution in [1.82, 2.24) is 20.1 Å². The zero-order valence-electron chi connectivity index (χ0n) is 12.0. The Bertz CT molecular complexity index is 583. The molecule has 0 aliphatic carbocycles. The number of pyridine rings is 1. The second kappa shape index (κ2) is 6.85. The van der Waals surface area contributed by atoms with Gasteiger partial charge < -0.3 is 10.1 Å². The number of hydrogen-bond acceptors (Lipinski definition) is 4. The molecular formula is C14H19BrN4O. The lowest BCUT2D eigenvalue weighted by atomic mass is 10.2. The number of ether oxygens (including phenoxy) is 1. The van der Waals surface area contributed by atoms with Crippen LogP contribution in [0.4, 0.5) is 0 Å². The van der Waals surface area contributed by atoms with Gasteiger partial charge in [0.05, 0.1) is 17.5 Å². The lowest BCUT2D eigenvalue weighted by Gasteiger charge is -2.09. The van der Waals surface area contributed by atoms with Gasteiger partial charge in [0.2, 0.25) is 5.88 Å². The normalized spacial score (nSPS) is 10.8. The average Bonchev–Trinajstić information content (AvgIpc) is 2.66. The van der Waals surface area contributed by atoms with Crippen LogP contribution in [0, 0.1) is 6.92 Å². The molecule has 0 aromatic carbocycles. The Balaban J connectivity index is 2.21. The fraction of sp³-hybridized carbons (Fsp3) is 0.429. The first-order chi connectivity index (χ1) is 9.61. The molecule has 0 unspecified atom stereocenters. The van der Waals surface area contributed by atoms with E-state index in [0.717, 1.165) is 41.1 Å². The highest BCUT2D eigenvalue weighted by Gasteiger charge is 2.15. The monoisotopic (exact) mass is 338 g/mol. The summed E-state index contributed by atoms with van der Waals surface area (Å²) in [6, 6.07) is 1.89. The summed E-state index contributed by atoms with van der Waals surface area (Å²) >= 11 is 3.39. The second-order valence-corrected chi connectivity index (χ2v) is 5.53. The zero-order chi connectivity index (χ0) is 14.5. The summed E-state index contributed by atoms with van der Waals surface area (Å²) in [7, 11) is 1.89. The van der Waals surface area contributed by atoms with Crippen molar-refractivity contribution in [3.63, 3.8) is 0 Å². The van der Waals surface area contributed by atoms with Crippen LogP contribution in [-0.2, 0) is 13.6 Å². The first-order valence-corrected chi connectivity index (χ1v) is 7.42. The Morgan fingerprint density at radius 3 is 2.90 bits per heavy atom. The van der Waals surface area contributed by atoms with E-state index in [9.17, 15) is 0 Å². The Labute approximate surface area is 127 Å². The van der Waals surface area contributed by atoms with E-state index >= 15 is 0 Å². The van der Waals surface area contributed by atoms with Crippen molar-refractivity contribution in [3.05, 3.63) is 34.2 Å². The number of aryl methyl sites for hydroxylation is 2. The molecule has 0 saturated heterocycles. The molecule has 0 fully saturated rings. The summed E-state index contributed by atoms with van der Waals surface area (Å²) in [5, 5.41) is 7.81. The molecule has 0 aliphatic heterocycles. The molecule has 20 heavy (non-hydrogen) atoms. The van der Waals surface area contributed by atoms with Crippen LogP contribution in [-0.4, -0.2) is 21.3 Å². The summed E-state index contributed by atoms with van der Waals surface area (Å²) in [5.74, 6) is 1.45. The molecule has 2 aromatic rings. The number of nitrogens with one attached hydrogen (secondary N) is 1. The van der Waals surface area contributed by atoms with Gasteiger partial charge in [0.25, 0.3) is 0 Å². The summed E-state index contributed by atoms with van der Waals surface area (Å²) < 4.78 is 8.59. The third kappa shape index (κ3) is 3.58. The van der Waals surface area contributed by atoms with E-state index in [0.29, 0.717) is 5.75 Å². The molecule has 2 aromatic heterocycles. The minimum atomic E-state index is 0.694.